The first-order valence-corrected chi connectivity index (χ1v) is 14.4. The van der Waals surface area contributed by atoms with Crippen LogP contribution >= 0.6 is 0 Å². The maximum absolute atomic E-state index is 12.0. The van der Waals surface area contributed by atoms with Crippen LogP contribution in [0.1, 0.15) is 119 Å². The third-order valence-corrected chi connectivity index (χ3v) is 11.4. The molecule has 4 aliphatic carbocycles. The molecule has 1 N–H and O–H groups in total. The highest BCUT2D eigenvalue weighted by Gasteiger charge is 2.60. The number of aliphatic hydroxyl groups is 1. The van der Waals surface area contributed by atoms with E-state index in [0.717, 1.165) is 48.3 Å². The van der Waals surface area contributed by atoms with Gasteiger partial charge in [-0.05, 0) is 117 Å². The maximum atomic E-state index is 12.0. The van der Waals surface area contributed by atoms with Crippen molar-refractivity contribution < 1.29 is 14.6 Å². The summed E-state index contributed by atoms with van der Waals surface area (Å²) in [5.41, 5.74) is 0.977. The van der Waals surface area contributed by atoms with Crippen LogP contribution in [0.4, 0.5) is 0 Å². The number of ether oxygens (including phenoxy) is 1. The number of hydrogen-bond acceptors (Lipinski definition) is 3. The molecule has 0 aromatic rings. The summed E-state index contributed by atoms with van der Waals surface area (Å²) in [5.74, 6) is 5.57. The van der Waals surface area contributed by atoms with Crippen molar-refractivity contribution in [3.63, 3.8) is 0 Å². The Morgan fingerprint density at radius 3 is 2.30 bits per heavy atom. The monoisotopic (exact) mass is 460 g/mol. The highest BCUT2D eigenvalue weighted by atomic mass is 16.6. The summed E-state index contributed by atoms with van der Waals surface area (Å²) in [6, 6.07) is 0. The lowest BCUT2D eigenvalue weighted by atomic mass is 9.44. The van der Waals surface area contributed by atoms with E-state index in [0.29, 0.717) is 16.7 Å². The SMILES string of the molecule is CC(C)CCC[C@@H](C)[C@H]1CC[C@H]2[C@@H]3CCC4C[C@@H](OC(=O)C(C)O)CC[C@]4(C)[C@H]3CC[C@]12C. The molecule has 0 amide bonds. The van der Waals surface area contributed by atoms with Gasteiger partial charge in [0.05, 0.1) is 0 Å². The molecular formula is C30H52O3. The van der Waals surface area contributed by atoms with Gasteiger partial charge in [-0.3, -0.25) is 0 Å². The largest absolute Gasteiger partial charge is 0.460 e. The Balaban J connectivity index is 1.41. The molecule has 33 heavy (non-hydrogen) atoms. The van der Waals surface area contributed by atoms with E-state index >= 15 is 0 Å². The molecule has 4 saturated carbocycles. The molecular weight excluding hydrogens is 408 g/mol. The second-order valence-corrected chi connectivity index (χ2v) is 13.7. The predicted molar refractivity (Wildman–Crippen MR) is 135 cm³/mol. The van der Waals surface area contributed by atoms with Crippen molar-refractivity contribution in [1.82, 2.24) is 0 Å². The van der Waals surface area contributed by atoms with Gasteiger partial charge >= 0.3 is 5.97 Å². The first-order chi connectivity index (χ1) is 15.6. The van der Waals surface area contributed by atoms with Crippen molar-refractivity contribution in [3.8, 4) is 0 Å². The Labute approximate surface area is 203 Å². The highest BCUT2D eigenvalue weighted by Crippen LogP contribution is 2.68. The van der Waals surface area contributed by atoms with Crippen LogP contribution in [-0.4, -0.2) is 23.3 Å². The zero-order valence-corrected chi connectivity index (χ0v) is 22.4. The second-order valence-electron chi connectivity index (χ2n) is 13.7. The van der Waals surface area contributed by atoms with Crippen LogP contribution in [0, 0.1) is 52.3 Å². The van der Waals surface area contributed by atoms with Crippen LogP contribution in [0.3, 0.4) is 0 Å². The van der Waals surface area contributed by atoms with Crippen molar-refractivity contribution in [1.29, 1.82) is 0 Å². The molecule has 3 nitrogen and oxygen atoms in total. The number of hydrogen-bond donors (Lipinski definition) is 1. The van der Waals surface area contributed by atoms with Gasteiger partial charge in [-0.1, -0.05) is 53.9 Å². The summed E-state index contributed by atoms with van der Waals surface area (Å²) in [6.45, 7) is 14.1. The number of rotatable bonds is 7. The van der Waals surface area contributed by atoms with Gasteiger partial charge in [-0.15, -0.1) is 0 Å². The van der Waals surface area contributed by atoms with Gasteiger partial charge in [0.25, 0.3) is 0 Å². The van der Waals surface area contributed by atoms with E-state index in [4.69, 9.17) is 4.74 Å². The number of fused-ring (bicyclic) bond motifs is 5. The van der Waals surface area contributed by atoms with E-state index in [1.54, 1.807) is 0 Å². The zero-order chi connectivity index (χ0) is 24.0. The standard InChI is InChI=1S/C30H52O3/c1-19(2)8-7-9-20(3)25-12-13-26-24-11-10-22-18-23(33-28(32)21(4)31)14-16-29(22,5)27(24)15-17-30(25,26)6/h19-27,31H,7-18H2,1-6H3/t20-,21?,22?,23+,24+,25-,26+,27+,29+,30-/m1/s1. The molecule has 10 atom stereocenters. The van der Waals surface area contributed by atoms with Crippen LogP contribution in [0.2, 0.25) is 0 Å². The van der Waals surface area contributed by atoms with Crippen LogP contribution < -0.4 is 0 Å². The van der Waals surface area contributed by atoms with E-state index < -0.39 is 12.1 Å². The molecule has 2 unspecified atom stereocenters. The van der Waals surface area contributed by atoms with E-state index in [-0.39, 0.29) is 6.10 Å². The molecule has 0 bridgehead atoms. The first kappa shape index (κ1) is 25.5. The fourth-order valence-corrected chi connectivity index (χ4v) is 9.61. The maximum Gasteiger partial charge on any atom is 0.334 e. The minimum Gasteiger partial charge on any atom is -0.460 e. The summed E-state index contributed by atoms with van der Waals surface area (Å²) in [7, 11) is 0. The van der Waals surface area contributed by atoms with Crippen LogP contribution in [-0.2, 0) is 9.53 Å². The lowest BCUT2D eigenvalue weighted by Gasteiger charge is -2.61. The third-order valence-electron chi connectivity index (χ3n) is 11.4. The molecule has 0 spiro atoms. The summed E-state index contributed by atoms with van der Waals surface area (Å²) in [6.07, 6.45) is 14.9. The van der Waals surface area contributed by atoms with Gasteiger partial charge in [0.15, 0.2) is 0 Å². The molecule has 0 aromatic heterocycles. The molecule has 4 fully saturated rings. The van der Waals surface area contributed by atoms with Gasteiger partial charge in [0.2, 0.25) is 0 Å². The van der Waals surface area contributed by atoms with Crippen molar-refractivity contribution >= 4 is 5.97 Å². The third kappa shape index (κ3) is 4.78. The molecule has 0 radical (unpaired) electrons. The molecule has 4 rings (SSSR count). The summed E-state index contributed by atoms with van der Waals surface area (Å²) in [4.78, 5) is 12.0. The molecule has 3 heteroatoms. The Kier molecular flexibility index (Phi) is 7.60. The van der Waals surface area contributed by atoms with Crippen molar-refractivity contribution in [2.75, 3.05) is 0 Å². The summed E-state index contributed by atoms with van der Waals surface area (Å²) < 4.78 is 5.67. The minimum atomic E-state index is -1.01. The Bertz CT molecular complexity index is 686. The average molecular weight is 461 g/mol. The molecule has 0 aromatic carbocycles. The minimum absolute atomic E-state index is 0.0122. The second kappa shape index (κ2) is 9.82. The fourth-order valence-electron chi connectivity index (χ4n) is 9.61. The molecule has 0 aliphatic heterocycles. The van der Waals surface area contributed by atoms with Crippen LogP contribution in [0.25, 0.3) is 0 Å². The highest BCUT2D eigenvalue weighted by molar-refractivity contribution is 5.74. The lowest BCUT2D eigenvalue weighted by Crippen LogP contribution is -2.54. The smallest absolute Gasteiger partial charge is 0.334 e. The number of aliphatic hydroxyl groups excluding tert-OH is 1. The quantitative estimate of drug-likeness (QED) is 0.403. The lowest BCUT2D eigenvalue weighted by molar-refractivity contribution is -0.170. The zero-order valence-electron chi connectivity index (χ0n) is 22.4. The van der Waals surface area contributed by atoms with E-state index in [1.165, 1.54) is 71.1 Å². The number of esters is 1. The van der Waals surface area contributed by atoms with Gasteiger partial charge in [0.1, 0.15) is 12.2 Å². The van der Waals surface area contributed by atoms with Gasteiger partial charge in [-0.25, -0.2) is 4.79 Å². The summed E-state index contributed by atoms with van der Waals surface area (Å²) in [5, 5.41) is 9.56. The van der Waals surface area contributed by atoms with Gasteiger partial charge < -0.3 is 9.84 Å². The van der Waals surface area contributed by atoms with Crippen molar-refractivity contribution in [2.45, 2.75) is 131 Å². The predicted octanol–water partition coefficient (Wildman–Crippen LogP) is 7.40. The van der Waals surface area contributed by atoms with E-state index in [2.05, 4.69) is 34.6 Å². The molecule has 0 heterocycles. The topological polar surface area (TPSA) is 46.5 Å². The Morgan fingerprint density at radius 2 is 1.61 bits per heavy atom. The van der Waals surface area contributed by atoms with Crippen LogP contribution in [0.5, 0.6) is 0 Å². The van der Waals surface area contributed by atoms with Crippen LogP contribution in [0.15, 0.2) is 0 Å². The Morgan fingerprint density at radius 1 is 0.909 bits per heavy atom. The first-order valence-electron chi connectivity index (χ1n) is 14.4. The number of carbonyl (C=O) groups excluding carboxylic acids is 1. The summed E-state index contributed by atoms with van der Waals surface area (Å²) >= 11 is 0. The van der Waals surface area contributed by atoms with Gasteiger partial charge in [0, 0.05) is 0 Å². The van der Waals surface area contributed by atoms with Crippen molar-refractivity contribution in [3.05, 3.63) is 0 Å². The fraction of sp³-hybridized carbons (Fsp3) is 0.967. The molecule has 0 saturated heterocycles. The average Bonchev–Trinajstić information content (AvgIpc) is 3.11. The van der Waals surface area contributed by atoms with E-state index in [9.17, 15) is 9.90 Å². The molecule has 4 aliphatic rings. The Hall–Kier alpha value is -0.570. The van der Waals surface area contributed by atoms with E-state index in [1.807, 2.05) is 0 Å². The van der Waals surface area contributed by atoms with Crippen molar-refractivity contribution in [2.24, 2.45) is 52.3 Å². The normalized spacial score (nSPS) is 44.5. The number of carbonyl (C=O) groups is 1. The van der Waals surface area contributed by atoms with Gasteiger partial charge in [-0.2, -0.15) is 0 Å². The molecule has 190 valence electrons.